The second kappa shape index (κ2) is 7.22. The Bertz CT molecular complexity index is 495. The van der Waals surface area contributed by atoms with Gasteiger partial charge in [0.15, 0.2) is 0 Å². The molecule has 0 spiro atoms. The molecule has 2 atom stereocenters. The van der Waals surface area contributed by atoms with Crippen molar-refractivity contribution in [2.45, 2.75) is 26.0 Å². The second-order valence-corrected chi connectivity index (χ2v) is 5.47. The standard InChI is InChI=1S/C18H23NO/c1-14(2)18(16-11-7-4-8-12-16)19-13-17(20)15-9-5-3-6-10-15/h3-12,14,17-20H,13H2,1-2H3. The van der Waals surface area contributed by atoms with Gasteiger partial charge in [-0.05, 0) is 17.0 Å². The molecule has 0 aliphatic rings. The molecule has 2 N–H and O–H groups in total. The van der Waals surface area contributed by atoms with Crippen molar-refractivity contribution >= 4 is 0 Å². The molecule has 0 saturated heterocycles. The number of benzene rings is 2. The molecule has 2 rings (SSSR count). The Balaban J connectivity index is 2.00. The highest BCUT2D eigenvalue weighted by molar-refractivity contribution is 5.20. The van der Waals surface area contributed by atoms with E-state index in [-0.39, 0.29) is 6.04 Å². The van der Waals surface area contributed by atoms with Gasteiger partial charge in [-0.1, -0.05) is 74.5 Å². The van der Waals surface area contributed by atoms with E-state index in [2.05, 4.69) is 43.4 Å². The van der Waals surface area contributed by atoms with Crippen LogP contribution in [0.4, 0.5) is 0 Å². The van der Waals surface area contributed by atoms with Gasteiger partial charge in [-0.3, -0.25) is 0 Å². The van der Waals surface area contributed by atoms with Gasteiger partial charge in [0.1, 0.15) is 0 Å². The van der Waals surface area contributed by atoms with Crippen LogP contribution in [0, 0.1) is 5.92 Å². The highest BCUT2D eigenvalue weighted by Gasteiger charge is 2.16. The van der Waals surface area contributed by atoms with Gasteiger partial charge in [-0.2, -0.15) is 0 Å². The van der Waals surface area contributed by atoms with Crippen molar-refractivity contribution < 1.29 is 5.11 Å². The van der Waals surface area contributed by atoms with Crippen molar-refractivity contribution in [2.75, 3.05) is 6.54 Å². The Morgan fingerprint density at radius 3 is 1.85 bits per heavy atom. The number of hydrogen-bond acceptors (Lipinski definition) is 2. The lowest BCUT2D eigenvalue weighted by molar-refractivity contribution is 0.165. The van der Waals surface area contributed by atoms with E-state index in [1.807, 2.05) is 36.4 Å². The van der Waals surface area contributed by atoms with Crippen molar-refractivity contribution in [3.05, 3.63) is 71.8 Å². The SMILES string of the molecule is CC(C)C(NCC(O)c1ccccc1)c1ccccc1. The summed E-state index contributed by atoms with van der Waals surface area (Å²) in [6, 6.07) is 20.4. The van der Waals surface area contributed by atoms with Crippen LogP contribution in [-0.4, -0.2) is 11.7 Å². The monoisotopic (exact) mass is 269 g/mol. The third kappa shape index (κ3) is 3.92. The minimum Gasteiger partial charge on any atom is -0.387 e. The van der Waals surface area contributed by atoms with E-state index in [1.54, 1.807) is 0 Å². The van der Waals surface area contributed by atoms with E-state index in [4.69, 9.17) is 0 Å². The van der Waals surface area contributed by atoms with Crippen molar-refractivity contribution in [3.63, 3.8) is 0 Å². The van der Waals surface area contributed by atoms with E-state index in [1.165, 1.54) is 5.56 Å². The molecule has 0 fully saturated rings. The van der Waals surface area contributed by atoms with Crippen LogP contribution >= 0.6 is 0 Å². The molecule has 2 aromatic rings. The van der Waals surface area contributed by atoms with Gasteiger partial charge in [-0.25, -0.2) is 0 Å². The van der Waals surface area contributed by atoms with Crippen molar-refractivity contribution in [1.82, 2.24) is 5.32 Å². The largest absolute Gasteiger partial charge is 0.387 e. The van der Waals surface area contributed by atoms with E-state index >= 15 is 0 Å². The smallest absolute Gasteiger partial charge is 0.0914 e. The molecule has 2 nitrogen and oxygen atoms in total. The van der Waals surface area contributed by atoms with Gasteiger partial charge in [0.05, 0.1) is 6.10 Å². The maximum Gasteiger partial charge on any atom is 0.0914 e. The molecule has 2 aromatic carbocycles. The second-order valence-electron chi connectivity index (χ2n) is 5.47. The van der Waals surface area contributed by atoms with Crippen LogP contribution in [0.5, 0.6) is 0 Å². The van der Waals surface area contributed by atoms with Gasteiger partial charge in [0.2, 0.25) is 0 Å². The van der Waals surface area contributed by atoms with Gasteiger partial charge in [0, 0.05) is 12.6 Å². The first-order valence-corrected chi connectivity index (χ1v) is 7.20. The van der Waals surface area contributed by atoms with E-state index in [0.29, 0.717) is 12.5 Å². The van der Waals surface area contributed by atoms with Gasteiger partial charge < -0.3 is 10.4 Å². The summed E-state index contributed by atoms with van der Waals surface area (Å²) in [5.41, 5.74) is 2.22. The van der Waals surface area contributed by atoms with Gasteiger partial charge in [-0.15, -0.1) is 0 Å². The van der Waals surface area contributed by atoms with Gasteiger partial charge in [0.25, 0.3) is 0 Å². The number of aliphatic hydroxyl groups excluding tert-OH is 1. The number of rotatable bonds is 6. The maximum absolute atomic E-state index is 10.2. The lowest BCUT2D eigenvalue weighted by Gasteiger charge is -2.24. The predicted molar refractivity (Wildman–Crippen MR) is 83.4 cm³/mol. The van der Waals surface area contributed by atoms with Crippen LogP contribution in [0.15, 0.2) is 60.7 Å². The summed E-state index contributed by atoms with van der Waals surface area (Å²) in [4.78, 5) is 0. The van der Waals surface area contributed by atoms with Crippen molar-refractivity contribution in [1.29, 1.82) is 0 Å². The van der Waals surface area contributed by atoms with E-state index in [0.717, 1.165) is 5.56 Å². The summed E-state index contributed by atoms with van der Waals surface area (Å²) >= 11 is 0. The normalized spacial score (nSPS) is 14.2. The molecule has 106 valence electrons. The molecule has 0 radical (unpaired) electrons. The summed E-state index contributed by atoms with van der Waals surface area (Å²) in [5.74, 6) is 0.473. The Morgan fingerprint density at radius 2 is 1.35 bits per heavy atom. The number of hydrogen-bond donors (Lipinski definition) is 2. The van der Waals surface area contributed by atoms with Gasteiger partial charge >= 0.3 is 0 Å². The van der Waals surface area contributed by atoms with Crippen molar-refractivity contribution in [3.8, 4) is 0 Å². The Kier molecular flexibility index (Phi) is 5.33. The molecule has 2 heteroatoms. The zero-order valence-electron chi connectivity index (χ0n) is 12.2. The minimum absolute atomic E-state index is 0.259. The summed E-state index contributed by atoms with van der Waals surface area (Å²) < 4.78 is 0. The number of nitrogens with one attached hydrogen (secondary N) is 1. The molecule has 0 bridgehead atoms. The fourth-order valence-corrected chi connectivity index (χ4v) is 2.43. The third-order valence-corrected chi connectivity index (χ3v) is 3.54. The van der Waals surface area contributed by atoms with E-state index in [9.17, 15) is 5.11 Å². The molecule has 2 unspecified atom stereocenters. The summed E-state index contributed by atoms with van der Waals surface area (Å²) in [5, 5.41) is 13.7. The zero-order valence-corrected chi connectivity index (χ0v) is 12.2. The predicted octanol–water partition coefficient (Wildman–Crippen LogP) is 3.71. The highest BCUT2D eigenvalue weighted by Crippen LogP contribution is 2.22. The summed E-state index contributed by atoms with van der Waals surface area (Å²) in [6.07, 6.45) is -0.471. The molecular formula is C18H23NO. The first-order chi connectivity index (χ1) is 9.68. The van der Waals surface area contributed by atoms with E-state index < -0.39 is 6.10 Å². The van der Waals surface area contributed by atoms with Crippen LogP contribution in [-0.2, 0) is 0 Å². The van der Waals surface area contributed by atoms with Crippen LogP contribution in [0.1, 0.15) is 37.1 Å². The number of aliphatic hydroxyl groups is 1. The summed E-state index contributed by atoms with van der Waals surface area (Å²) in [6.45, 7) is 4.95. The zero-order chi connectivity index (χ0) is 14.4. The van der Waals surface area contributed by atoms with Crippen molar-refractivity contribution in [2.24, 2.45) is 5.92 Å². The fraction of sp³-hybridized carbons (Fsp3) is 0.333. The van der Waals surface area contributed by atoms with Crippen LogP contribution in [0.25, 0.3) is 0 Å². The minimum atomic E-state index is -0.471. The molecule has 0 aliphatic carbocycles. The first kappa shape index (κ1) is 14.8. The molecule has 0 amide bonds. The topological polar surface area (TPSA) is 32.3 Å². The maximum atomic E-state index is 10.2. The molecule has 0 aliphatic heterocycles. The fourth-order valence-electron chi connectivity index (χ4n) is 2.43. The molecule has 0 saturated carbocycles. The Morgan fingerprint density at radius 1 is 0.850 bits per heavy atom. The lowest BCUT2D eigenvalue weighted by atomic mass is 9.95. The molecule has 20 heavy (non-hydrogen) atoms. The average molecular weight is 269 g/mol. The molecule has 0 heterocycles. The lowest BCUT2D eigenvalue weighted by Crippen LogP contribution is -2.29. The highest BCUT2D eigenvalue weighted by atomic mass is 16.3. The Labute approximate surface area is 121 Å². The Hall–Kier alpha value is -1.64. The quantitative estimate of drug-likeness (QED) is 0.838. The van der Waals surface area contributed by atoms with Crippen LogP contribution in [0.3, 0.4) is 0 Å². The molecule has 0 aromatic heterocycles. The van der Waals surface area contributed by atoms with Crippen LogP contribution < -0.4 is 5.32 Å². The molecular weight excluding hydrogens is 246 g/mol. The first-order valence-electron chi connectivity index (χ1n) is 7.20. The average Bonchev–Trinajstić information content (AvgIpc) is 2.49. The summed E-state index contributed by atoms with van der Waals surface area (Å²) in [7, 11) is 0. The third-order valence-electron chi connectivity index (χ3n) is 3.54. The van der Waals surface area contributed by atoms with Crippen LogP contribution in [0.2, 0.25) is 0 Å².